The van der Waals surface area contributed by atoms with Crippen LogP contribution in [0.1, 0.15) is 5.56 Å². The molecule has 5 heteroatoms. The lowest BCUT2D eigenvalue weighted by Crippen LogP contribution is -2.00. The zero-order valence-electron chi connectivity index (χ0n) is 7.27. The van der Waals surface area contributed by atoms with Gasteiger partial charge in [0.2, 0.25) is 0 Å². The minimum atomic E-state index is -0.413. The fourth-order valence-electron chi connectivity index (χ4n) is 1.33. The third kappa shape index (κ3) is 1.86. The molecule has 1 heterocycles. The Kier molecular flexibility index (Phi) is 2.39. The van der Waals surface area contributed by atoms with E-state index < -0.39 is 4.92 Å². The predicted molar refractivity (Wildman–Crippen MR) is 51.6 cm³/mol. The van der Waals surface area contributed by atoms with Gasteiger partial charge < -0.3 is 4.74 Å². The Balaban J connectivity index is 2.36. The molecular weight excluding hydrogens is 206 g/mol. The van der Waals surface area contributed by atoms with E-state index in [1.54, 1.807) is 12.1 Å². The first-order valence-electron chi connectivity index (χ1n) is 4.22. The number of ether oxygens (including phenoxy) is 1. The van der Waals surface area contributed by atoms with Gasteiger partial charge in [-0.3, -0.25) is 10.1 Å². The number of rotatable bonds is 3. The predicted octanol–water partition coefficient (Wildman–Crippen LogP) is 2.19. The molecule has 2 rings (SSSR count). The van der Waals surface area contributed by atoms with E-state index in [0.29, 0.717) is 23.6 Å². The Bertz CT molecular complexity index is 376. The lowest BCUT2D eigenvalue weighted by atomic mass is 10.1. The molecule has 1 aromatic carbocycles. The highest BCUT2D eigenvalue weighted by atomic mass is 35.5. The Morgan fingerprint density at radius 2 is 2.36 bits per heavy atom. The maximum atomic E-state index is 10.7. The van der Waals surface area contributed by atoms with Crippen LogP contribution in [0.5, 0.6) is 0 Å². The molecule has 1 unspecified atom stereocenters. The molecule has 1 aliphatic heterocycles. The molecule has 74 valence electrons. The molecule has 1 fully saturated rings. The molecule has 0 aliphatic carbocycles. The van der Waals surface area contributed by atoms with Crippen molar-refractivity contribution in [3.8, 4) is 0 Å². The summed E-state index contributed by atoms with van der Waals surface area (Å²) in [6.07, 6.45) is 0.629. The maximum absolute atomic E-state index is 10.7. The molecule has 1 aromatic rings. The molecule has 1 saturated heterocycles. The third-order valence-corrected chi connectivity index (χ3v) is 2.48. The van der Waals surface area contributed by atoms with Crippen LogP contribution in [0.3, 0.4) is 0 Å². The highest BCUT2D eigenvalue weighted by Gasteiger charge is 2.28. The van der Waals surface area contributed by atoms with Gasteiger partial charge in [-0.1, -0.05) is 17.7 Å². The first-order chi connectivity index (χ1) is 6.68. The second-order valence-electron chi connectivity index (χ2n) is 3.15. The van der Waals surface area contributed by atoms with Crippen molar-refractivity contribution in [2.45, 2.75) is 12.5 Å². The number of hydrogen-bond donors (Lipinski definition) is 0. The largest absolute Gasteiger partial charge is 0.373 e. The zero-order chi connectivity index (χ0) is 10.1. The minimum Gasteiger partial charge on any atom is -0.373 e. The Morgan fingerprint density at radius 3 is 2.93 bits per heavy atom. The van der Waals surface area contributed by atoms with Crippen molar-refractivity contribution in [3.05, 3.63) is 38.9 Å². The third-order valence-electron chi connectivity index (χ3n) is 2.12. The second-order valence-corrected chi connectivity index (χ2v) is 3.56. The number of nitrogens with zero attached hydrogens (tertiary/aromatic N) is 1. The number of benzene rings is 1. The number of halogens is 1. The number of hydrogen-bond acceptors (Lipinski definition) is 3. The van der Waals surface area contributed by atoms with Gasteiger partial charge in [0.05, 0.1) is 28.2 Å². The van der Waals surface area contributed by atoms with Gasteiger partial charge in [0.15, 0.2) is 0 Å². The summed E-state index contributed by atoms with van der Waals surface area (Å²) < 4.78 is 5.02. The lowest BCUT2D eigenvalue weighted by molar-refractivity contribution is -0.385. The van der Waals surface area contributed by atoms with E-state index in [-0.39, 0.29) is 11.8 Å². The van der Waals surface area contributed by atoms with Gasteiger partial charge in [-0.25, -0.2) is 0 Å². The van der Waals surface area contributed by atoms with Crippen molar-refractivity contribution < 1.29 is 9.66 Å². The van der Waals surface area contributed by atoms with E-state index in [1.807, 2.05) is 0 Å². The van der Waals surface area contributed by atoms with E-state index in [2.05, 4.69) is 0 Å². The molecule has 0 radical (unpaired) electrons. The quantitative estimate of drug-likeness (QED) is 0.439. The summed E-state index contributed by atoms with van der Waals surface area (Å²) in [6.45, 7) is 0.669. The van der Waals surface area contributed by atoms with Gasteiger partial charge in [0, 0.05) is 12.5 Å². The average Bonchev–Trinajstić information content (AvgIpc) is 2.91. The van der Waals surface area contributed by atoms with Crippen LogP contribution in [-0.4, -0.2) is 17.6 Å². The van der Waals surface area contributed by atoms with E-state index >= 15 is 0 Å². The average molecular weight is 214 g/mol. The standard InChI is InChI=1S/C9H8ClNO3/c10-8-2-1-3-9(11(12)13)7(8)4-6-5-14-6/h1-3,6H,4-5H2. The fraction of sp³-hybridized carbons (Fsp3) is 0.333. The van der Waals surface area contributed by atoms with E-state index in [1.165, 1.54) is 6.07 Å². The van der Waals surface area contributed by atoms with Gasteiger partial charge in [-0.05, 0) is 6.07 Å². The van der Waals surface area contributed by atoms with Crippen LogP contribution in [0.15, 0.2) is 18.2 Å². The van der Waals surface area contributed by atoms with Crippen molar-refractivity contribution >= 4 is 17.3 Å². The summed E-state index contributed by atoms with van der Waals surface area (Å²) >= 11 is 5.89. The molecule has 0 amide bonds. The van der Waals surface area contributed by atoms with Crippen LogP contribution in [0.4, 0.5) is 5.69 Å². The monoisotopic (exact) mass is 213 g/mol. The summed E-state index contributed by atoms with van der Waals surface area (Å²) in [5.41, 5.74) is 0.648. The summed E-state index contributed by atoms with van der Waals surface area (Å²) in [5, 5.41) is 11.1. The van der Waals surface area contributed by atoms with Gasteiger partial charge >= 0.3 is 0 Å². The number of nitro groups is 1. The summed E-state index contributed by atoms with van der Waals surface area (Å²) in [6, 6.07) is 4.70. The summed E-state index contributed by atoms with van der Waals surface area (Å²) in [7, 11) is 0. The molecule has 0 N–H and O–H groups in total. The molecular formula is C9H8ClNO3. The van der Waals surface area contributed by atoms with E-state index in [9.17, 15) is 10.1 Å². The first kappa shape index (κ1) is 9.43. The van der Waals surface area contributed by atoms with Crippen LogP contribution in [0.25, 0.3) is 0 Å². The van der Waals surface area contributed by atoms with Crippen molar-refractivity contribution in [1.29, 1.82) is 0 Å². The minimum absolute atomic E-state index is 0.0769. The smallest absolute Gasteiger partial charge is 0.274 e. The Hall–Kier alpha value is -1.13. The van der Waals surface area contributed by atoms with Crippen molar-refractivity contribution in [3.63, 3.8) is 0 Å². The van der Waals surface area contributed by atoms with Crippen molar-refractivity contribution in [2.75, 3.05) is 6.61 Å². The molecule has 14 heavy (non-hydrogen) atoms. The molecule has 0 bridgehead atoms. The SMILES string of the molecule is O=[N+]([O-])c1cccc(Cl)c1CC1CO1. The van der Waals surface area contributed by atoms with Crippen molar-refractivity contribution in [2.24, 2.45) is 0 Å². The van der Waals surface area contributed by atoms with Gasteiger partial charge in [0.25, 0.3) is 5.69 Å². The molecule has 0 aromatic heterocycles. The van der Waals surface area contributed by atoms with Crippen LogP contribution < -0.4 is 0 Å². The summed E-state index contributed by atoms with van der Waals surface area (Å²) in [5.74, 6) is 0. The van der Waals surface area contributed by atoms with Gasteiger partial charge in [-0.2, -0.15) is 0 Å². The highest BCUT2D eigenvalue weighted by molar-refractivity contribution is 6.31. The second kappa shape index (κ2) is 3.55. The number of epoxide rings is 1. The molecule has 1 atom stereocenters. The Morgan fingerprint density at radius 1 is 1.64 bits per heavy atom. The fourth-order valence-corrected chi connectivity index (χ4v) is 1.58. The van der Waals surface area contributed by atoms with Gasteiger partial charge in [-0.15, -0.1) is 0 Å². The van der Waals surface area contributed by atoms with Crippen LogP contribution in [-0.2, 0) is 11.2 Å². The molecule has 0 saturated carbocycles. The maximum Gasteiger partial charge on any atom is 0.274 e. The zero-order valence-corrected chi connectivity index (χ0v) is 8.03. The normalized spacial score (nSPS) is 19.4. The van der Waals surface area contributed by atoms with E-state index in [0.717, 1.165) is 0 Å². The number of nitro benzene ring substituents is 1. The highest BCUT2D eigenvalue weighted by Crippen LogP contribution is 2.30. The Labute approximate surface area is 85.6 Å². The van der Waals surface area contributed by atoms with Gasteiger partial charge in [0.1, 0.15) is 0 Å². The summed E-state index contributed by atoms with van der Waals surface area (Å²) in [4.78, 5) is 10.3. The topological polar surface area (TPSA) is 55.7 Å². The molecule has 4 nitrogen and oxygen atoms in total. The molecule has 1 aliphatic rings. The van der Waals surface area contributed by atoms with Crippen LogP contribution >= 0.6 is 11.6 Å². The lowest BCUT2D eigenvalue weighted by Gasteiger charge is -2.02. The first-order valence-corrected chi connectivity index (χ1v) is 4.59. The van der Waals surface area contributed by atoms with Crippen molar-refractivity contribution in [1.82, 2.24) is 0 Å². The molecule has 0 spiro atoms. The van der Waals surface area contributed by atoms with Crippen LogP contribution in [0, 0.1) is 10.1 Å². The van der Waals surface area contributed by atoms with E-state index in [4.69, 9.17) is 16.3 Å². The van der Waals surface area contributed by atoms with Crippen LogP contribution in [0.2, 0.25) is 5.02 Å².